The van der Waals surface area contributed by atoms with Crippen LogP contribution >= 0.6 is 24.0 Å². The predicted octanol–water partition coefficient (Wildman–Crippen LogP) is 2.80. The average Bonchev–Trinajstić information content (AvgIpc) is 2.62. The molecule has 0 spiro atoms. The largest absolute Gasteiger partial charge is 0.375 e. The molecule has 2 N–H and O–H groups in total. The standard InChI is InChI=1S/C20H35N5O.HI/c1-17(2)12-14-22-20(23-16-19(26)24(3)4)21-13-9-15-25(5)18-10-7-6-8-11-18;/h6-8,10-11,17H,9,12-16H2,1-5H3,(H2,21,22,23);1H. The van der Waals surface area contributed by atoms with E-state index in [1.807, 2.05) is 6.07 Å². The zero-order valence-corrected chi connectivity index (χ0v) is 19.7. The number of carbonyl (C=O) groups excluding carboxylic acids is 1. The van der Waals surface area contributed by atoms with Crippen molar-refractivity contribution in [3.63, 3.8) is 0 Å². The molecule has 0 fully saturated rings. The summed E-state index contributed by atoms with van der Waals surface area (Å²) in [5.74, 6) is 1.34. The maximum absolute atomic E-state index is 11.8. The SMILES string of the molecule is CC(C)CCNC(=NCC(=O)N(C)C)NCCCN(C)c1ccccc1.I. The van der Waals surface area contributed by atoms with Crippen LogP contribution in [0.2, 0.25) is 0 Å². The van der Waals surface area contributed by atoms with Crippen molar-refractivity contribution in [2.45, 2.75) is 26.7 Å². The zero-order valence-electron chi connectivity index (χ0n) is 17.4. The smallest absolute Gasteiger partial charge is 0.243 e. The number of hydrogen-bond acceptors (Lipinski definition) is 3. The van der Waals surface area contributed by atoms with Gasteiger partial charge >= 0.3 is 0 Å². The Morgan fingerprint density at radius 2 is 1.70 bits per heavy atom. The third kappa shape index (κ3) is 11.7. The second-order valence-corrected chi connectivity index (χ2v) is 7.10. The van der Waals surface area contributed by atoms with Crippen molar-refractivity contribution >= 4 is 41.5 Å². The van der Waals surface area contributed by atoms with Crippen LogP contribution in [0, 0.1) is 5.92 Å². The molecule has 0 unspecified atom stereocenters. The van der Waals surface area contributed by atoms with Crippen LogP contribution in [0.15, 0.2) is 35.3 Å². The number of halogens is 1. The summed E-state index contributed by atoms with van der Waals surface area (Å²) in [4.78, 5) is 20.0. The van der Waals surface area contributed by atoms with E-state index in [1.165, 1.54) is 5.69 Å². The second kappa shape index (κ2) is 14.5. The molecule has 7 heteroatoms. The zero-order chi connectivity index (χ0) is 19.4. The molecule has 1 rings (SSSR count). The highest BCUT2D eigenvalue weighted by molar-refractivity contribution is 14.0. The van der Waals surface area contributed by atoms with Crippen LogP contribution < -0.4 is 15.5 Å². The molecule has 1 aromatic carbocycles. The van der Waals surface area contributed by atoms with Gasteiger partial charge in [-0.1, -0.05) is 32.0 Å². The van der Waals surface area contributed by atoms with Crippen LogP contribution in [0.25, 0.3) is 0 Å². The molecule has 1 amide bonds. The van der Waals surface area contributed by atoms with E-state index in [0.29, 0.717) is 11.9 Å². The number of nitrogens with zero attached hydrogens (tertiary/aromatic N) is 3. The minimum atomic E-state index is -0.00114. The number of nitrogens with one attached hydrogen (secondary N) is 2. The van der Waals surface area contributed by atoms with Crippen LogP contribution in [-0.2, 0) is 4.79 Å². The first-order chi connectivity index (χ1) is 12.4. The summed E-state index contributed by atoms with van der Waals surface area (Å²) in [6, 6.07) is 10.4. The van der Waals surface area contributed by atoms with E-state index >= 15 is 0 Å². The number of para-hydroxylation sites is 1. The molecule has 0 aromatic heterocycles. The first-order valence-electron chi connectivity index (χ1n) is 9.38. The van der Waals surface area contributed by atoms with Crippen molar-refractivity contribution in [2.24, 2.45) is 10.9 Å². The molecule has 6 nitrogen and oxygen atoms in total. The number of likely N-dealkylation sites (N-methyl/N-ethyl adjacent to an activating group) is 1. The third-order valence-electron chi connectivity index (χ3n) is 4.05. The van der Waals surface area contributed by atoms with Crippen molar-refractivity contribution in [1.29, 1.82) is 0 Å². The number of anilines is 1. The summed E-state index contributed by atoms with van der Waals surface area (Å²) in [7, 11) is 5.59. The normalized spacial score (nSPS) is 11.0. The van der Waals surface area contributed by atoms with Gasteiger partial charge in [0.2, 0.25) is 5.91 Å². The summed E-state index contributed by atoms with van der Waals surface area (Å²) in [6.07, 6.45) is 2.05. The first kappa shape index (κ1) is 25.5. The minimum absolute atomic E-state index is 0. The lowest BCUT2D eigenvalue weighted by Gasteiger charge is -2.20. The van der Waals surface area contributed by atoms with Crippen molar-refractivity contribution < 1.29 is 4.79 Å². The predicted molar refractivity (Wildman–Crippen MR) is 126 cm³/mol. The van der Waals surface area contributed by atoms with Gasteiger partial charge < -0.3 is 20.4 Å². The van der Waals surface area contributed by atoms with Crippen LogP contribution in [-0.4, -0.2) is 64.1 Å². The number of hydrogen-bond donors (Lipinski definition) is 2. The van der Waals surface area contributed by atoms with Gasteiger partial charge in [-0.2, -0.15) is 0 Å². The second-order valence-electron chi connectivity index (χ2n) is 7.10. The summed E-state index contributed by atoms with van der Waals surface area (Å²) in [6.45, 7) is 7.16. The van der Waals surface area contributed by atoms with Gasteiger partial charge in [0, 0.05) is 46.5 Å². The lowest BCUT2D eigenvalue weighted by atomic mass is 10.1. The molecule has 27 heavy (non-hydrogen) atoms. The fraction of sp³-hybridized carbons (Fsp3) is 0.600. The average molecular weight is 489 g/mol. The Hall–Kier alpha value is -1.51. The molecule has 0 bridgehead atoms. The molecular formula is C20H36IN5O. The Morgan fingerprint density at radius 1 is 1.07 bits per heavy atom. The van der Waals surface area contributed by atoms with Crippen LogP contribution in [0.5, 0.6) is 0 Å². The van der Waals surface area contributed by atoms with Crippen molar-refractivity contribution in [2.75, 3.05) is 52.2 Å². The highest BCUT2D eigenvalue weighted by atomic mass is 127. The Bertz CT molecular complexity index is 549. The fourth-order valence-corrected chi connectivity index (χ4v) is 2.28. The van der Waals surface area contributed by atoms with Gasteiger partial charge in [0.15, 0.2) is 5.96 Å². The molecule has 0 aliphatic rings. The topological polar surface area (TPSA) is 60.0 Å². The Kier molecular flexibility index (Phi) is 13.7. The van der Waals surface area contributed by atoms with Crippen molar-refractivity contribution in [1.82, 2.24) is 15.5 Å². The lowest BCUT2D eigenvalue weighted by molar-refractivity contribution is -0.127. The number of carbonyl (C=O) groups is 1. The molecule has 0 aliphatic carbocycles. The summed E-state index contributed by atoms with van der Waals surface area (Å²) in [5.41, 5.74) is 1.22. The van der Waals surface area contributed by atoms with Crippen LogP contribution in [0.1, 0.15) is 26.7 Å². The number of amides is 1. The van der Waals surface area contributed by atoms with Gasteiger partial charge in [-0.05, 0) is 30.9 Å². The van der Waals surface area contributed by atoms with Gasteiger partial charge in [-0.15, -0.1) is 24.0 Å². The quantitative estimate of drug-likeness (QED) is 0.230. The van der Waals surface area contributed by atoms with E-state index in [9.17, 15) is 4.79 Å². The Morgan fingerprint density at radius 3 is 2.30 bits per heavy atom. The first-order valence-corrected chi connectivity index (χ1v) is 9.38. The summed E-state index contributed by atoms with van der Waals surface area (Å²) in [5, 5.41) is 6.66. The number of aliphatic imine (C=N–C) groups is 1. The van der Waals surface area contributed by atoms with E-state index in [1.54, 1.807) is 19.0 Å². The van der Waals surface area contributed by atoms with Gasteiger partial charge in [0.25, 0.3) is 0 Å². The fourth-order valence-electron chi connectivity index (χ4n) is 2.28. The molecule has 0 saturated carbocycles. The van der Waals surface area contributed by atoms with Gasteiger partial charge in [0.1, 0.15) is 6.54 Å². The van der Waals surface area contributed by atoms with E-state index in [-0.39, 0.29) is 36.4 Å². The van der Waals surface area contributed by atoms with Crippen molar-refractivity contribution in [3.8, 4) is 0 Å². The molecule has 0 saturated heterocycles. The van der Waals surface area contributed by atoms with Crippen molar-refractivity contribution in [3.05, 3.63) is 30.3 Å². The molecule has 0 radical (unpaired) electrons. The summed E-state index contributed by atoms with van der Waals surface area (Å²) < 4.78 is 0. The van der Waals surface area contributed by atoms with E-state index in [4.69, 9.17) is 0 Å². The molecule has 154 valence electrons. The molecule has 0 heterocycles. The van der Waals surface area contributed by atoms with Crippen LogP contribution in [0.3, 0.4) is 0 Å². The highest BCUT2D eigenvalue weighted by Gasteiger charge is 2.05. The molecule has 0 atom stereocenters. The lowest BCUT2D eigenvalue weighted by Crippen LogP contribution is -2.40. The van der Waals surface area contributed by atoms with E-state index in [2.05, 4.69) is 65.7 Å². The van der Waals surface area contributed by atoms with Gasteiger partial charge in [-0.25, -0.2) is 4.99 Å². The Labute approximate surface area is 181 Å². The molecule has 0 aliphatic heterocycles. The monoisotopic (exact) mass is 489 g/mol. The molecular weight excluding hydrogens is 453 g/mol. The summed E-state index contributed by atoms with van der Waals surface area (Å²) >= 11 is 0. The molecule has 1 aromatic rings. The van der Waals surface area contributed by atoms with Crippen LogP contribution in [0.4, 0.5) is 5.69 Å². The number of rotatable bonds is 10. The van der Waals surface area contributed by atoms with E-state index in [0.717, 1.165) is 32.5 Å². The minimum Gasteiger partial charge on any atom is -0.375 e. The highest BCUT2D eigenvalue weighted by Crippen LogP contribution is 2.10. The van der Waals surface area contributed by atoms with Gasteiger partial charge in [0.05, 0.1) is 0 Å². The third-order valence-corrected chi connectivity index (χ3v) is 4.05. The number of benzene rings is 1. The Balaban J connectivity index is 0.00000676. The maximum Gasteiger partial charge on any atom is 0.243 e. The van der Waals surface area contributed by atoms with E-state index < -0.39 is 0 Å². The number of guanidine groups is 1. The maximum atomic E-state index is 11.8. The van der Waals surface area contributed by atoms with Gasteiger partial charge in [-0.3, -0.25) is 4.79 Å².